The fourth-order valence-corrected chi connectivity index (χ4v) is 4.91. The van der Waals surface area contributed by atoms with Crippen LogP contribution in [0.15, 0.2) is 48.7 Å². The van der Waals surface area contributed by atoms with Crippen molar-refractivity contribution in [1.82, 2.24) is 9.47 Å². The maximum Gasteiger partial charge on any atom is 0.410 e. The van der Waals surface area contributed by atoms with E-state index in [1.165, 1.54) is 41.3 Å². The summed E-state index contributed by atoms with van der Waals surface area (Å²) in [5.74, 6) is -1.13. The van der Waals surface area contributed by atoms with Crippen LogP contribution in [0.3, 0.4) is 0 Å². The lowest BCUT2D eigenvalue weighted by Crippen LogP contribution is -2.44. The van der Waals surface area contributed by atoms with Crippen LogP contribution in [0.4, 0.5) is 13.6 Å². The van der Waals surface area contributed by atoms with Crippen LogP contribution in [0.1, 0.15) is 57.5 Å². The van der Waals surface area contributed by atoms with E-state index in [0.29, 0.717) is 23.3 Å². The number of ether oxygens (including phenoxy) is 1. The summed E-state index contributed by atoms with van der Waals surface area (Å²) in [7, 11) is -2.04. The van der Waals surface area contributed by atoms with Gasteiger partial charge in [0.05, 0.1) is 18.7 Å². The van der Waals surface area contributed by atoms with E-state index in [1.807, 2.05) is 0 Å². The van der Waals surface area contributed by atoms with Crippen molar-refractivity contribution < 1.29 is 27.5 Å². The average molecular weight is 559 g/mol. The monoisotopic (exact) mass is 558 g/mol. The van der Waals surface area contributed by atoms with Gasteiger partial charge in [0, 0.05) is 30.2 Å². The molecule has 0 spiro atoms. The third-order valence-corrected chi connectivity index (χ3v) is 11.6. The Morgan fingerprint density at radius 1 is 0.949 bits per heavy atom. The first-order chi connectivity index (χ1) is 18.0. The Bertz CT molecular complexity index is 1320. The zero-order valence-electron chi connectivity index (χ0n) is 24.2. The number of benzene rings is 2. The number of aromatic nitrogens is 1. The van der Waals surface area contributed by atoms with Crippen LogP contribution >= 0.6 is 0 Å². The summed E-state index contributed by atoms with van der Waals surface area (Å²) in [5, 5.41) is 0.745. The molecule has 0 atom stereocenters. The molecule has 39 heavy (non-hydrogen) atoms. The van der Waals surface area contributed by atoms with E-state index in [0.717, 1.165) is 5.39 Å². The number of carbonyl (C=O) groups is 2. The largest absolute Gasteiger partial charge is 0.444 e. The van der Waals surface area contributed by atoms with Crippen LogP contribution in [0, 0.1) is 11.6 Å². The lowest BCUT2D eigenvalue weighted by molar-refractivity contribution is 0.0206. The van der Waals surface area contributed by atoms with Gasteiger partial charge in [-0.3, -0.25) is 4.79 Å². The van der Waals surface area contributed by atoms with Crippen molar-refractivity contribution in [3.05, 3.63) is 71.4 Å². The second-order valence-corrected chi connectivity index (χ2v) is 17.2. The van der Waals surface area contributed by atoms with E-state index < -0.39 is 31.6 Å². The first kappa shape index (κ1) is 30.5. The highest BCUT2D eigenvalue weighted by Crippen LogP contribution is 2.36. The molecule has 0 saturated carbocycles. The van der Waals surface area contributed by atoms with Gasteiger partial charge in [0.2, 0.25) is 0 Å². The van der Waals surface area contributed by atoms with Crippen molar-refractivity contribution in [3.63, 3.8) is 0 Å². The molecule has 0 unspecified atom stereocenters. The van der Waals surface area contributed by atoms with E-state index in [2.05, 4.69) is 33.9 Å². The molecule has 1 aromatic heterocycles. The van der Waals surface area contributed by atoms with Crippen molar-refractivity contribution >= 4 is 31.1 Å². The fraction of sp³-hybridized carbons (Fsp3) is 0.467. The van der Waals surface area contributed by atoms with Gasteiger partial charge in [-0.15, -0.1) is 0 Å². The van der Waals surface area contributed by atoms with Gasteiger partial charge in [0.15, 0.2) is 14.1 Å². The number of amides is 1. The van der Waals surface area contributed by atoms with Crippen LogP contribution in [0.2, 0.25) is 18.1 Å². The summed E-state index contributed by atoms with van der Waals surface area (Å²) in [6, 6.07) is 9.91. The van der Waals surface area contributed by atoms with E-state index in [9.17, 15) is 18.4 Å². The lowest BCUT2D eigenvalue weighted by atomic mass is 10.1. The summed E-state index contributed by atoms with van der Waals surface area (Å²) >= 11 is 0. The number of nitrogens with zero attached hydrogens (tertiary/aromatic N) is 2. The van der Waals surface area contributed by atoms with Crippen molar-refractivity contribution in [3.8, 4) is 0 Å². The molecule has 0 bridgehead atoms. The molecule has 0 radical (unpaired) electrons. The van der Waals surface area contributed by atoms with Gasteiger partial charge in [0.25, 0.3) is 0 Å². The van der Waals surface area contributed by atoms with Crippen LogP contribution in [-0.4, -0.2) is 48.4 Å². The molecule has 0 aliphatic rings. The van der Waals surface area contributed by atoms with Gasteiger partial charge >= 0.3 is 6.09 Å². The number of halogens is 2. The molecular weight excluding hydrogens is 518 g/mol. The van der Waals surface area contributed by atoms with Crippen molar-refractivity contribution in [2.24, 2.45) is 0 Å². The van der Waals surface area contributed by atoms with Crippen LogP contribution in [0.5, 0.6) is 0 Å². The van der Waals surface area contributed by atoms with E-state index in [4.69, 9.17) is 9.16 Å². The highest BCUT2D eigenvalue weighted by molar-refractivity contribution is 6.74. The number of hydrogen-bond acceptors (Lipinski definition) is 4. The maximum absolute atomic E-state index is 14.8. The van der Waals surface area contributed by atoms with Gasteiger partial charge < -0.3 is 18.6 Å². The number of fused-ring (bicyclic) bond motifs is 1. The Labute approximate surface area is 231 Å². The molecule has 0 aliphatic heterocycles. The Balaban J connectivity index is 1.87. The van der Waals surface area contributed by atoms with Gasteiger partial charge in [-0.05, 0) is 86.9 Å². The first-order valence-corrected chi connectivity index (χ1v) is 16.1. The molecule has 0 saturated heterocycles. The first-order valence-electron chi connectivity index (χ1n) is 13.1. The number of ketones is 1. The normalized spacial score (nSPS) is 12.6. The molecule has 3 rings (SSSR count). The standard InChI is InChI=1S/C30H40F2N2O4Si/c1-29(2,3)38-28(36)34(15-16-37-39(7,8)30(4,5)6)19-22-17-24(32)18-26-25(22)13-14-33(26)20-27(35)21-9-11-23(31)12-10-21/h9-14,17-18H,15-16,19-20H2,1-8H3. The third kappa shape index (κ3) is 7.98. The summed E-state index contributed by atoms with van der Waals surface area (Å²) in [6.07, 6.45) is 1.21. The smallest absolute Gasteiger partial charge is 0.410 e. The zero-order chi connectivity index (χ0) is 29.2. The number of carbonyl (C=O) groups excluding carboxylic acids is 2. The molecule has 0 N–H and O–H groups in total. The Hall–Kier alpha value is -3.04. The van der Waals surface area contributed by atoms with Crippen LogP contribution < -0.4 is 0 Å². The second-order valence-electron chi connectivity index (χ2n) is 12.4. The van der Waals surface area contributed by atoms with Crippen LogP contribution in [0.25, 0.3) is 10.9 Å². The highest BCUT2D eigenvalue weighted by Gasteiger charge is 2.37. The summed E-state index contributed by atoms with van der Waals surface area (Å²) in [5.41, 5.74) is 0.794. The van der Waals surface area contributed by atoms with E-state index in [-0.39, 0.29) is 30.5 Å². The average Bonchev–Trinajstić information content (AvgIpc) is 3.19. The minimum atomic E-state index is -2.04. The minimum Gasteiger partial charge on any atom is -0.444 e. The van der Waals surface area contributed by atoms with Gasteiger partial charge in [-0.25, -0.2) is 13.6 Å². The second kappa shape index (κ2) is 11.6. The minimum absolute atomic E-state index is 0.0206. The number of Topliss-reactive ketones (excluding diaryl/α,β-unsaturated/α-hetero) is 1. The topological polar surface area (TPSA) is 60.8 Å². The molecule has 9 heteroatoms. The SMILES string of the molecule is CC(C)(C)OC(=O)N(CCO[Si](C)(C)C(C)(C)C)Cc1cc(F)cc2c1ccn2CC(=O)c1ccc(F)cc1. The van der Waals surface area contributed by atoms with Crippen molar-refractivity contribution in [2.75, 3.05) is 13.2 Å². The predicted octanol–water partition coefficient (Wildman–Crippen LogP) is 7.56. The lowest BCUT2D eigenvalue weighted by Gasteiger charge is -2.37. The molecule has 0 aliphatic carbocycles. The third-order valence-electron chi connectivity index (χ3n) is 7.06. The Morgan fingerprint density at radius 3 is 2.18 bits per heavy atom. The number of rotatable bonds is 9. The summed E-state index contributed by atoms with van der Waals surface area (Å²) in [4.78, 5) is 27.5. The molecule has 1 heterocycles. The van der Waals surface area contributed by atoms with Crippen molar-refractivity contribution in [2.45, 2.75) is 78.4 Å². The van der Waals surface area contributed by atoms with Gasteiger partial charge in [0.1, 0.15) is 17.2 Å². The predicted molar refractivity (Wildman–Crippen MR) is 152 cm³/mol. The van der Waals surface area contributed by atoms with E-state index >= 15 is 0 Å². The van der Waals surface area contributed by atoms with Crippen LogP contribution in [-0.2, 0) is 22.3 Å². The summed E-state index contributed by atoms with van der Waals surface area (Å²) in [6.45, 7) is 16.8. The Morgan fingerprint density at radius 2 is 1.59 bits per heavy atom. The molecule has 0 fully saturated rings. The van der Waals surface area contributed by atoms with E-state index in [1.54, 1.807) is 37.6 Å². The molecule has 3 aromatic rings. The van der Waals surface area contributed by atoms with Gasteiger partial charge in [-0.1, -0.05) is 20.8 Å². The van der Waals surface area contributed by atoms with Crippen molar-refractivity contribution in [1.29, 1.82) is 0 Å². The highest BCUT2D eigenvalue weighted by atomic mass is 28.4. The maximum atomic E-state index is 14.8. The molecule has 6 nitrogen and oxygen atoms in total. The fourth-order valence-electron chi connectivity index (χ4n) is 3.88. The zero-order valence-corrected chi connectivity index (χ0v) is 25.2. The quantitative estimate of drug-likeness (QED) is 0.201. The Kier molecular flexibility index (Phi) is 9.07. The number of hydrogen-bond donors (Lipinski definition) is 0. The molecular formula is C30H40F2N2O4Si. The summed E-state index contributed by atoms with van der Waals surface area (Å²) < 4.78 is 41.7. The molecule has 1 amide bonds. The van der Waals surface area contributed by atoms with Gasteiger partial charge in [-0.2, -0.15) is 0 Å². The molecule has 212 valence electrons. The molecule has 2 aromatic carbocycles.